The second-order valence-corrected chi connectivity index (χ2v) is 35.0. The molecule has 8 aromatic rings. The first kappa shape index (κ1) is 72.9. The van der Waals surface area contributed by atoms with Crippen LogP contribution in [0.3, 0.4) is 0 Å². The fourth-order valence-corrected chi connectivity index (χ4v) is 13.2. The number of aromatic hydroxyl groups is 8. The van der Waals surface area contributed by atoms with E-state index in [9.17, 15) is 45.6 Å². The molecule has 9 rings (SSSR count). The summed E-state index contributed by atoms with van der Waals surface area (Å²) in [7, 11) is 0. The van der Waals surface area contributed by atoms with Crippen molar-refractivity contribution in [3.63, 3.8) is 0 Å². The first-order chi connectivity index (χ1) is 44.6. The van der Waals surface area contributed by atoms with E-state index >= 15 is 0 Å². The summed E-state index contributed by atoms with van der Waals surface area (Å²) in [5.41, 5.74) is 12.6. The van der Waals surface area contributed by atoms with Gasteiger partial charge in [0, 0.05) is 51.4 Å². The number of rotatable bonds is 2. The summed E-state index contributed by atoms with van der Waals surface area (Å²) in [6.45, 7) is 46.2. The molecule has 0 atom stereocenters. The Morgan fingerprint density at radius 1 is 0.247 bits per heavy atom. The van der Waals surface area contributed by atoms with Crippen molar-refractivity contribution in [1.82, 2.24) is 0 Å². The molecule has 516 valence electrons. The van der Waals surface area contributed by atoms with Crippen LogP contribution in [-0.2, 0) is 94.0 Å². The number of carbonyl (C=O) groups is 1. The third-order valence-corrected chi connectivity index (χ3v) is 19.8. The first-order valence-corrected chi connectivity index (χ1v) is 34.6. The normalized spacial score (nSPS) is 14.0. The molecule has 16 bridgehead atoms. The van der Waals surface area contributed by atoms with Crippen LogP contribution >= 0.6 is 0 Å². The third kappa shape index (κ3) is 16.0. The third-order valence-electron chi connectivity index (χ3n) is 19.8. The van der Waals surface area contributed by atoms with Crippen LogP contribution in [-0.4, -0.2) is 53.4 Å². The molecule has 0 radical (unpaired) electrons. The lowest BCUT2D eigenvalue weighted by Gasteiger charge is -2.26. The molecule has 0 amide bonds. The fourth-order valence-electron chi connectivity index (χ4n) is 13.2. The molecule has 0 spiro atoms. The highest BCUT2D eigenvalue weighted by Crippen LogP contribution is 2.46. The van der Waals surface area contributed by atoms with Crippen molar-refractivity contribution in [3.05, 3.63) is 231 Å². The molecule has 0 fully saturated rings. The Morgan fingerprint density at radius 3 is 0.464 bits per heavy atom. The number of ether oxygens (including phenoxy) is 1. The molecule has 0 heterocycles. The monoisotopic (exact) mass is 1310 g/mol. The van der Waals surface area contributed by atoms with Crippen molar-refractivity contribution in [3.8, 4) is 46.0 Å². The summed E-state index contributed by atoms with van der Waals surface area (Å²) in [5.74, 6) is -0.595. The Balaban J connectivity index is 1.35. The summed E-state index contributed by atoms with van der Waals surface area (Å²) in [6.07, 6.45) is 0.818. The second kappa shape index (κ2) is 26.1. The van der Waals surface area contributed by atoms with Crippen LogP contribution in [0.15, 0.2) is 97.1 Å². The SMILES string of the molecule is CCOC(=O)c1cc2c(O)c(c1)Cc1cc(C(C)(C)C)cc(c1O)Cc1cc(C(C)(C)C)cc(c1O)Cc1cc(C(C)(C)C)cc(c1O)Cc1cc(C(C)(C)C)cc(c1O)Cc1cc(C(C)(C)C)cc(c1O)Cc1cc(C(C)(C)C)cc(c1O)Cc1cc(C(C)(C)C)cc(c1O)C2. The van der Waals surface area contributed by atoms with Gasteiger partial charge in [-0.1, -0.05) is 230 Å². The highest BCUT2D eigenvalue weighted by Gasteiger charge is 2.31. The van der Waals surface area contributed by atoms with Crippen molar-refractivity contribution in [2.24, 2.45) is 0 Å². The number of esters is 1. The molecule has 0 unspecified atom stereocenters. The lowest BCUT2D eigenvalue weighted by Crippen LogP contribution is -2.15. The van der Waals surface area contributed by atoms with Gasteiger partial charge < -0.3 is 45.6 Å². The molecule has 0 aromatic heterocycles. The van der Waals surface area contributed by atoms with Gasteiger partial charge in [-0.3, -0.25) is 0 Å². The summed E-state index contributed by atoms with van der Waals surface area (Å²) in [6, 6.07) is 31.1. The van der Waals surface area contributed by atoms with Gasteiger partial charge in [0.25, 0.3) is 0 Å². The smallest absolute Gasteiger partial charge is 0.338 e. The zero-order chi connectivity index (χ0) is 71.9. The van der Waals surface area contributed by atoms with Gasteiger partial charge >= 0.3 is 5.97 Å². The Morgan fingerprint density at radius 2 is 0.361 bits per heavy atom. The van der Waals surface area contributed by atoms with Gasteiger partial charge in [-0.15, -0.1) is 0 Å². The van der Waals surface area contributed by atoms with E-state index in [0.29, 0.717) is 89.0 Å². The van der Waals surface area contributed by atoms with Gasteiger partial charge in [-0.25, -0.2) is 4.79 Å². The zero-order valence-corrected chi connectivity index (χ0v) is 62.0. The van der Waals surface area contributed by atoms with Crippen LogP contribution < -0.4 is 0 Å². The Labute approximate surface area is 578 Å². The quantitative estimate of drug-likeness (QED) is 0.0774. The van der Waals surface area contributed by atoms with Crippen LogP contribution in [0.2, 0.25) is 0 Å². The molecule has 0 aliphatic heterocycles. The molecular formula is C87H108O10. The maximum Gasteiger partial charge on any atom is 0.338 e. The number of phenols is 8. The molecule has 0 saturated heterocycles. The van der Waals surface area contributed by atoms with Crippen molar-refractivity contribution >= 4 is 5.97 Å². The second-order valence-electron chi connectivity index (χ2n) is 35.0. The highest BCUT2D eigenvalue weighted by molar-refractivity contribution is 5.90. The van der Waals surface area contributed by atoms with Gasteiger partial charge in [0.2, 0.25) is 0 Å². The number of carbonyl (C=O) groups excluding carboxylic acids is 1. The van der Waals surface area contributed by atoms with Crippen LogP contribution in [0, 0.1) is 0 Å². The van der Waals surface area contributed by atoms with Crippen molar-refractivity contribution in [2.45, 2.75) is 242 Å². The predicted octanol–water partition coefficient (Wildman–Crippen LogP) is 19.6. The summed E-state index contributed by atoms with van der Waals surface area (Å²) in [4.78, 5) is 14.0. The molecule has 1 aliphatic rings. The van der Waals surface area contributed by atoms with E-state index in [0.717, 1.165) is 38.9 Å². The number of hydrogen-bond acceptors (Lipinski definition) is 10. The van der Waals surface area contributed by atoms with E-state index < -0.39 is 27.6 Å². The van der Waals surface area contributed by atoms with Crippen molar-refractivity contribution in [2.75, 3.05) is 6.61 Å². The summed E-state index contributed by atoms with van der Waals surface area (Å²) >= 11 is 0. The molecule has 10 nitrogen and oxygen atoms in total. The minimum Gasteiger partial charge on any atom is -0.507 e. The average molecular weight is 1310 g/mol. The number of fused-ring (bicyclic) bond motifs is 16. The molecule has 8 aromatic carbocycles. The molecule has 1 aliphatic carbocycles. The Bertz CT molecular complexity index is 4110. The number of benzene rings is 8. The zero-order valence-electron chi connectivity index (χ0n) is 62.0. The minimum atomic E-state index is -0.599. The highest BCUT2D eigenvalue weighted by atomic mass is 16.5. The van der Waals surface area contributed by atoms with Gasteiger partial charge in [0.1, 0.15) is 46.0 Å². The summed E-state index contributed by atoms with van der Waals surface area (Å²) in [5, 5.41) is 102. The van der Waals surface area contributed by atoms with Crippen LogP contribution in [0.4, 0.5) is 0 Å². The van der Waals surface area contributed by atoms with E-state index in [-0.39, 0.29) is 126 Å². The topological polar surface area (TPSA) is 188 Å². The van der Waals surface area contributed by atoms with Crippen molar-refractivity contribution < 1.29 is 50.4 Å². The predicted molar refractivity (Wildman–Crippen MR) is 394 cm³/mol. The number of phenolic OH excluding ortho intramolecular Hbond substituents is 8. The van der Waals surface area contributed by atoms with Crippen LogP contribution in [0.25, 0.3) is 0 Å². The molecule has 8 N–H and O–H groups in total. The Hall–Kier alpha value is -8.37. The standard InChI is InChI=1S/C87H108O10/c1-23-97-80(96)64-32-48-24-50-34-65(81(2,3)4)36-52(73(50)89)26-54-38-67(83(8,9)10)40-56(75(54)91)28-58-42-69(85(14,15)16)44-60(77(58)93)30-62-46-71(87(20,21)22)47-63(79(62)95)31-61-45-70(86(17,18)19)43-59(78(61)94)29-57-41-68(84(11,12)13)39-55(76(57)92)27-53-37-66(82(5,6)7)35-51(74(53)90)25-49(33-64)72(48)88/h32-47,88-95H,23-31H2,1-22H3. The van der Waals surface area contributed by atoms with Gasteiger partial charge in [-0.05, 0) is 185 Å². The Kier molecular flexibility index (Phi) is 19.6. The maximum atomic E-state index is 14.0. The lowest BCUT2D eigenvalue weighted by molar-refractivity contribution is 0.0526. The first-order valence-electron chi connectivity index (χ1n) is 34.6. The van der Waals surface area contributed by atoms with E-state index in [1.807, 2.05) is 84.9 Å². The van der Waals surface area contributed by atoms with Crippen LogP contribution in [0.5, 0.6) is 46.0 Å². The van der Waals surface area contributed by atoms with Gasteiger partial charge in [0.05, 0.1) is 12.2 Å². The number of hydrogen-bond donors (Lipinski definition) is 8. The van der Waals surface area contributed by atoms with E-state index in [4.69, 9.17) is 4.74 Å². The maximum absolute atomic E-state index is 14.0. The molecular weight excluding hydrogens is 1200 g/mol. The molecule has 10 heteroatoms. The van der Waals surface area contributed by atoms with Crippen LogP contribution in [0.1, 0.15) is 291 Å². The molecule has 0 saturated carbocycles. The van der Waals surface area contributed by atoms with Gasteiger partial charge in [-0.2, -0.15) is 0 Å². The van der Waals surface area contributed by atoms with E-state index in [1.165, 1.54) is 0 Å². The van der Waals surface area contributed by atoms with Crippen molar-refractivity contribution in [1.29, 1.82) is 0 Å². The largest absolute Gasteiger partial charge is 0.507 e. The lowest BCUT2D eigenvalue weighted by atomic mass is 9.79. The average Bonchev–Trinajstić information content (AvgIpc) is 0.784. The van der Waals surface area contributed by atoms with Gasteiger partial charge in [0.15, 0.2) is 0 Å². The molecule has 97 heavy (non-hydrogen) atoms. The van der Waals surface area contributed by atoms with E-state index in [1.54, 1.807) is 19.1 Å². The van der Waals surface area contributed by atoms with E-state index in [2.05, 4.69) is 145 Å². The minimum absolute atomic E-state index is 0.00994. The summed E-state index contributed by atoms with van der Waals surface area (Å²) < 4.78 is 5.62. The fraction of sp³-hybridized carbons (Fsp3) is 0.437.